The zero-order chi connectivity index (χ0) is 20.1. The van der Waals surface area contributed by atoms with Crippen molar-refractivity contribution < 1.29 is 18.5 Å². The summed E-state index contributed by atoms with van der Waals surface area (Å²) < 4.78 is 18.9. The summed E-state index contributed by atoms with van der Waals surface area (Å²) in [6, 6.07) is 7.67. The van der Waals surface area contributed by atoms with Gasteiger partial charge in [-0.1, -0.05) is 17.6 Å². The normalized spacial score (nSPS) is 18.1. The highest BCUT2D eigenvalue weighted by Crippen LogP contribution is 2.40. The molecule has 1 aromatic heterocycles. The largest absolute Gasteiger partial charge is 0.356 e. The minimum atomic E-state index is -0.402. The third-order valence-corrected chi connectivity index (χ3v) is 5.99. The summed E-state index contributed by atoms with van der Waals surface area (Å²) >= 11 is 0. The molecule has 1 unspecified atom stereocenters. The molecule has 1 fully saturated rings. The maximum absolute atomic E-state index is 13.6. The topological polar surface area (TPSA) is 75.4 Å². The smallest absolute Gasteiger partial charge is 0.259 e. The number of nitrogens with zero attached hydrogens (tertiary/aromatic N) is 2. The first-order valence-corrected chi connectivity index (χ1v) is 9.86. The van der Waals surface area contributed by atoms with E-state index in [9.17, 15) is 14.0 Å². The predicted molar refractivity (Wildman–Crippen MR) is 105 cm³/mol. The highest BCUT2D eigenvalue weighted by molar-refractivity contribution is 6.23. The quantitative estimate of drug-likeness (QED) is 0.679. The number of amides is 2. The Morgan fingerprint density at radius 3 is 2.62 bits per heavy atom. The van der Waals surface area contributed by atoms with Gasteiger partial charge in [0.2, 0.25) is 0 Å². The second-order valence-corrected chi connectivity index (χ2v) is 7.68. The number of carbonyl (C=O) groups excluding carboxylic acids is 2. The first-order valence-electron chi connectivity index (χ1n) is 9.86. The van der Waals surface area contributed by atoms with Crippen molar-refractivity contribution in [1.29, 1.82) is 0 Å². The molecule has 6 nitrogen and oxygen atoms in total. The molecule has 5 rings (SSSR count). The van der Waals surface area contributed by atoms with E-state index in [0.29, 0.717) is 27.8 Å². The van der Waals surface area contributed by atoms with Crippen molar-refractivity contribution >= 4 is 22.8 Å². The van der Waals surface area contributed by atoms with E-state index in [1.807, 2.05) is 6.07 Å². The lowest BCUT2D eigenvalue weighted by molar-refractivity contribution is 0.0878. The van der Waals surface area contributed by atoms with Crippen molar-refractivity contribution in [2.24, 2.45) is 0 Å². The van der Waals surface area contributed by atoms with Crippen LogP contribution in [0.1, 0.15) is 58.5 Å². The van der Waals surface area contributed by atoms with Crippen LogP contribution >= 0.6 is 0 Å². The molecule has 2 aliphatic rings. The monoisotopic (exact) mass is 393 g/mol. The molecular formula is C22H20FN3O3. The van der Waals surface area contributed by atoms with Gasteiger partial charge in [0.05, 0.1) is 11.1 Å². The lowest BCUT2D eigenvalue weighted by atomic mass is 9.88. The molecule has 3 heterocycles. The second kappa shape index (κ2) is 6.77. The molecule has 0 aliphatic carbocycles. The maximum atomic E-state index is 13.6. The van der Waals surface area contributed by atoms with E-state index >= 15 is 0 Å². The van der Waals surface area contributed by atoms with E-state index in [2.05, 4.69) is 22.3 Å². The molecule has 1 N–H and O–H groups in total. The summed E-state index contributed by atoms with van der Waals surface area (Å²) in [4.78, 5) is 27.3. The second-order valence-electron chi connectivity index (χ2n) is 7.68. The van der Waals surface area contributed by atoms with Crippen LogP contribution in [0.5, 0.6) is 0 Å². The van der Waals surface area contributed by atoms with Gasteiger partial charge in [-0.15, -0.1) is 0 Å². The van der Waals surface area contributed by atoms with Crippen molar-refractivity contribution in [3.63, 3.8) is 0 Å². The fourth-order valence-corrected chi connectivity index (χ4v) is 4.52. The summed E-state index contributed by atoms with van der Waals surface area (Å²) in [7, 11) is 0. The van der Waals surface area contributed by atoms with Crippen molar-refractivity contribution in [1.82, 2.24) is 15.4 Å². The zero-order valence-corrected chi connectivity index (χ0v) is 16.0. The van der Waals surface area contributed by atoms with E-state index in [1.54, 1.807) is 12.1 Å². The van der Waals surface area contributed by atoms with Crippen LogP contribution in [0.3, 0.4) is 0 Å². The van der Waals surface area contributed by atoms with Crippen LogP contribution in [-0.2, 0) is 0 Å². The first kappa shape index (κ1) is 18.0. The lowest BCUT2D eigenvalue weighted by Gasteiger charge is -2.34. The molecule has 0 radical (unpaired) electrons. The fourth-order valence-electron chi connectivity index (χ4n) is 4.52. The standard InChI is InChI=1S/C22H20FN3O3/c1-12(26-9-3-2-4-10-26)18-15(7-8-16-19(18)22(28)24-21(16)27)20-14-6-5-13(23)11-17(14)29-25-20/h5-8,11-12H,2-4,9-10H2,1H3,(H,24,27,28). The number of benzene rings is 2. The number of carbonyl (C=O) groups is 2. The Kier molecular flexibility index (Phi) is 4.20. The van der Waals surface area contributed by atoms with Crippen molar-refractivity contribution in [3.05, 3.63) is 52.8 Å². The maximum Gasteiger partial charge on any atom is 0.259 e. The summed E-state index contributed by atoms with van der Waals surface area (Å²) in [5.74, 6) is -1.17. The fraction of sp³-hybridized carbons (Fsp3) is 0.318. The number of piperidine rings is 1. The van der Waals surface area contributed by atoms with Crippen LogP contribution in [0.15, 0.2) is 34.9 Å². The van der Waals surface area contributed by atoms with Gasteiger partial charge in [0.25, 0.3) is 11.8 Å². The Morgan fingerprint density at radius 1 is 1.07 bits per heavy atom. The minimum absolute atomic E-state index is 0.0795. The summed E-state index contributed by atoms with van der Waals surface area (Å²) in [5, 5.41) is 7.26. The molecule has 2 aliphatic heterocycles. The van der Waals surface area contributed by atoms with Gasteiger partial charge in [-0.25, -0.2) is 4.39 Å². The Labute approximate surface area is 166 Å². The SMILES string of the molecule is CC(c1c(-c2noc3cc(F)ccc23)ccc2c1C(=O)NC2=O)N1CCCCC1. The summed E-state index contributed by atoms with van der Waals surface area (Å²) in [6.45, 7) is 3.93. The van der Waals surface area contributed by atoms with E-state index in [4.69, 9.17) is 4.52 Å². The number of imide groups is 1. The van der Waals surface area contributed by atoms with Crippen LogP contribution in [0.2, 0.25) is 0 Å². The van der Waals surface area contributed by atoms with Crippen LogP contribution in [-0.4, -0.2) is 35.0 Å². The van der Waals surface area contributed by atoms with Gasteiger partial charge in [-0.05, 0) is 56.6 Å². The molecule has 2 aromatic carbocycles. The van der Waals surface area contributed by atoms with Crippen LogP contribution in [0.25, 0.3) is 22.2 Å². The third-order valence-electron chi connectivity index (χ3n) is 5.99. The average molecular weight is 393 g/mol. The molecule has 0 spiro atoms. The number of hydrogen-bond acceptors (Lipinski definition) is 5. The van der Waals surface area contributed by atoms with E-state index in [1.165, 1.54) is 18.6 Å². The molecule has 29 heavy (non-hydrogen) atoms. The highest BCUT2D eigenvalue weighted by Gasteiger charge is 2.35. The number of aromatic nitrogens is 1. The van der Waals surface area contributed by atoms with Crippen LogP contribution < -0.4 is 5.32 Å². The van der Waals surface area contributed by atoms with E-state index in [-0.39, 0.29) is 17.9 Å². The molecule has 1 saturated heterocycles. The molecule has 1 atom stereocenters. The van der Waals surface area contributed by atoms with Gasteiger partial charge in [0, 0.05) is 23.1 Å². The number of nitrogens with one attached hydrogen (secondary N) is 1. The van der Waals surface area contributed by atoms with Crippen LogP contribution in [0, 0.1) is 5.82 Å². The summed E-state index contributed by atoms with van der Waals surface area (Å²) in [6.07, 6.45) is 3.40. The zero-order valence-electron chi connectivity index (χ0n) is 16.0. The van der Waals surface area contributed by atoms with Crippen molar-refractivity contribution in [2.75, 3.05) is 13.1 Å². The minimum Gasteiger partial charge on any atom is -0.356 e. The van der Waals surface area contributed by atoms with Crippen molar-refractivity contribution in [3.8, 4) is 11.3 Å². The molecule has 0 bridgehead atoms. The van der Waals surface area contributed by atoms with Gasteiger partial charge in [-0.2, -0.15) is 0 Å². The van der Waals surface area contributed by atoms with E-state index < -0.39 is 5.82 Å². The number of fused-ring (bicyclic) bond motifs is 2. The number of likely N-dealkylation sites (tertiary alicyclic amines) is 1. The first-order chi connectivity index (χ1) is 14.0. The number of rotatable bonds is 3. The van der Waals surface area contributed by atoms with Crippen LogP contribution in [0.4, 0.5) is 4.39 Å². The molecule has 2 amide bonds. The molecule has 7 heteroatoms. The highest BCUT2D eigenvalue weighted by atomic mass is 19.1. The number of halogens is 1. The Morgan fingerprint density at radius 2 is 1.83 bits per heavy atom. The van der Waals surface area contributed by atoms with Gasteiger partial charge in [0.1, 0.15) is 11.5 Å². The van der Waals surface area contributed by atoms with Gasteiger partial charge in [0.15, 0.2) is 5.58 Å². The van der Waals surface area contributed by atoms with Gasteiger partial charge >= 0.3 is 0 Å². The van der Waals surface area contributed by atoms with Gasteiger partial charge < -0.3 is 4.52 Å². The molecular weight excluding hydrogens is 373 g/mol. The Hall–Kier alpha value is -3.06. The predicted octanol–water partition coefficient (Wildman–Crippen LogP) is 4.06. The average Bonchev–Trinajstić information content (AvgIpc) is 3.27. The van der Waals surface area contributed by atoms with E-state index in [0.717, 1.165) is 37.1 Å². The summed E-state index contributed by atoms with van der Waals surface area (Å²) in [5.41, 5.74) is 3.19. The third kappa shape index (κ3) is 2.84. The van der Waals surface area contributed by atoms with Gasteiger partial charge in [-0.3, -0.25) is 19.8 Å². The number of hydrogen-bond donors (Lipinski definition) is 1. The Balaban J connectivity index is 1.74. The van der Waals surface area contributed by atoms with Crippen molar-refractivity contribution in [2.45, 2.75) is 32.2 Å². The molecule has 3 aromatic rings. The Bertz CT molecular complexity index is 1150. The molecule has 148 valence electrons. The lowest BCUT2D eigenvalue weighted by Crippen LogP contribution is -2.33. The molecule has 0 saturated carbocycles.